The maximum Gasteiger partial charge on any atom is 0.266 e. The van der Waals surface area contributed by atoms with Gasteiger partial charge in [-0.3, -0.25) is 9.59 Å². The fourth-order valence-corrected chi connectivity index (χ4v) is 5.22. The molecule has 0 radical (unpaired) electrons. The van der Waals surface area contributed by atoms with Crippen molar-refractivity contribution in [2.75, 3.05) is 9.80 Å². The van der Waals surface area contributed by atoms with Gasteiger partial charge >= 0.3 is 0 Å². The smallest absolute Gasteiger partial charge is 0.266 e. The van der Waals surface area contributed by atoms with Gasteiger partial charge in [0.15, 0.2) is 0 Å². The highest BCUT2D eigenvalue weighted by molar-refractivity contribution is 7.99. The zero-order chi connectivity index (χ0) is 20.9. The maximum atomic E-state index is 12.8. The summed E-state index contributed by atoms with van der Waals surface area (Å²) >= 11 is 1.76. The molecule has 2 heterocycles. The van der Waals surface area contributed by atoms with E-state index in [1.165, 1.54) is 14.7 Å². The van der Waals surface area contributed by atoms with Gasteiger partial charge in [-0.05, 0) is 60.7 Å². The largest absolute Gasteiger partial charge is 0.308 e. The van der Waals surface area contributed by atoms with Crippen LogP contribution in [0.3, 0.4) is 0 Å². The summed E-state index contributed by atoms with van der Waals surface area (Å²) in [6.07, 6.45) is 0. The average molecular weight is 420 g/mol. The van der Waals surface area contributed by atoms with E-state index in [1.807, 2.05) is 48.5 Å². The second-order valence-electron chi connectivity index (χ2n) is 7.38. The Bertz CT molecular complexity index is 1280. The van der Waals surface area contributed by atoms with Crippen LogP contribution < -0.4 is 9.80 Å². The minimum absolute atomic E-state index is 0.279. The summed E-state index contributed by atoms with van der Waals surface area (Å²) in [6, 6.07) is 31.2. The number of hydrogen-bond acceptors (Lipinski definition) is 4. The van der Waals surface area contributed by atoms with Crippen molar-refractivity contribution in [1.29, 1.82) is 0 Å². The summed E-state index contributed by atoms with van der Waals surface area (Å²) in [5.74, 6) is -0.558. The van der Waals surface area contributed by atoms with Crippen molar-refractivity contribution in [2.24, 2.45) is 0 Å². The quantitative estimate of drug-likeness (QED) is 0.309. The number of para-hydroxylation sites is 2. The number of nitrogens with zero attached hydrogens (tertiary/aromatic N) is 2. The fraction of sp³-hybridized carbons (Fsp3) is 0. The van der Waals surface area contributed by atoms with E-state index in [1.54, 1.807) is 36.0 Å². The number of anilines is 4. The molecular weight excluding hydrogens is 404 g/mol. The van der Waals surface area contributed by atoms with E-state index < -0.39 is 0 Å². The highest BCUT2D eigenvalue weighted by atomic mass is 32.2. The molecule has 0 aliphatic carbocycles. The Balaban J connectivity index is 1.41. The maximum absolute atomic E-state index is 12.8. The van der Waals surface area contributed by atoms with Gasteiger partial charge in [0, 0.05) is 15.5 Å². The molecule has 0 spiro atoms. The summed E-state index contributed by atoms with van der Waals surface area (Å²) < 4.78 is 0. The van der Waals surface area contributed by atoms with Crippen molar-refractivity contribution in [3.8, 4) is 0 Å². The molecule has 0 bridgehead atoms. The highest BCUT2D eigenvalue weighted by Gasteiger charge is 2.36. The van der Waals surface area contributed by atoms with Crippen LogP contribution in [0.25, 0.3) is 0 Å². The van der Waals surface area contributed by atoms with Crippen molar-refractivity contribution in [3.05, 3.63) is 108 Å². The van der Waals surface area contributed by atoms with Gasteiger partial charge in [-0.1, -0.05) is 48.2 Å². The molecule has 4 aromatic carbocycles. The first-order valence-electron chi connectivity index (χ1n) is 9.96. The third-order valence-electron chi connectivity index (χ3n) is 5.59. The molecule has 0 saturated carbocycles. The van der Waals surface area contributed by atoms with Gasteiger partial charge in [0.2, 0.25) is 0 Å². The van der Waals surface area contributed by atoms with Crippen molar-refractivity contribution in [3.63, 3.8) is 0 Å². The van der Waals surface area contributed by atoms with Crippen LogP contribution in [0.5, 0.6) is 0 Å². The normalized spacial score (nSPS) is 14.3. The number of benzene rings is 4. The highest BCUT2D eigenvalue weighted by Crippen LogP contribution is 2.51. The first-order chi connectivity index (χ1) is 15.2. The van der Waals surface area contributed by atoms with Gasteiger partial charge in [-0.25, -0.2) is 4.90 Å². The topological polar surface area (TPSA) is 40.6 Å². The van der Waals surface area contributed by atoms with E-state index in [9.17, 15) is 9.59 Å². The summed E-state index contributed by atoms with van der Waals surface area (Å²) in [4.78, 5) is 31.5. The number of amides is 2. The predicted molar refractivity (Wildman–Crippen MR) is 123 cm³/mol. The lowest BCUT2D eigenvalue weighted by Gasteiger charge is -2.33. The molecule has 31 heavy (non-hydrogen) atoms. The van der Waals surface area contributed by atoms with Crippen molar-refractivity contribution >= 4 is 46.3 Å². The first-order valence-corrected chi connectivity index (χ1v) is 10.8. The molecule has 2 amide bonds. The van der Waals surface area contributed by atoms with Gasteiger partial charge in [-0.15, -0.1) is 0 Å². The average Bonchev–Trinajstić information content (AvgIpc) is 3.08. The molecule has 0 aromatic heterocycles. The molecule has 0 fully saturated rings. The van der Waals surface area contributed by atoms with Crippen molar-refractivity contribution < 1.29 is 9.59 Å². The Kier molecular flexibility index (Phi) is 3.98. The number of imide groups is 1. The molecule has 0 N–H and O–H groups in total. The lowest BCUT2D eigenvalue weighted by molar-refractivity contribution is 0.0926. The van der Waals surface area contributed by atoms with E-state index in [2.05, 4.69) is 29.2 Å². The molecule has 148 valence electrons. The Morgan fingerprint density at radius 2 is 0.903 bits per heavy atom. The minimum atomic E-state index is -0.279. The molecule has 0 unspecified atom stereocenters. The summed E-state index contributed by atoms with van der Waals surface area (Å²) in [5.41, 5.74) is 4.67. The van der Waals surface area contributed by atoms with Crippen molar-refractivity contribution in [2.45, 2.75) is 9.79 Å². The third kappa shape index (κ3) is 2.71. The number of carbonyl (C=O) groups excluding carboxylic acids is 2. The lowest BCUT2D eigenvalue weighted by atomic mass is 10.1. The van der Waals surface area contributed by atoms with Gasteiger partial charge in [0.05, 0.1) is 28.2 Å². The Morgan fingerprint density at radius 3 is 1.42 bits per heavy atom. The third-order valence-corrected chi connectivity index (χ3v) is 6.72. The van der Waals surface area contributed by atoms with Crippen LogP contribution in [-0.4, -0.2) is 11.8 Å². The van der Waals surface area contributed by atoms with Crippen molar-refractivity contribution in [1.82, 2.24) is 0 Å². The second kappa shape index (κ2) is 6.86. The zero-order valence-electron chi connectivity index (χ0n) is 16.4. The zero-order valence-corrected chi connectivity index (χ0v) is 17.2. The summed E-state index contributed by atoms with van der Waals surface area (Å²) in [6.45, 7) is 0. The van der Waals surface area contributed by atoms with E-state index in [4.69, 9.17) is 0 Å². The minimum Gasteiger partial charge on any atom is -0.308 e. The van der Waals surface area contributed by atoms with Crippen LogP contribution in [-0.2, 0) is 0 Å². The SMILES string of the molecule is O=C1c2ccccc2C(=O)N1c1ccc(N2c3ccccc3Sc3ccccc32)cc1. The van der Waals surface area contributed by atoms with E-state index in [-0.39, 0.29) is 11.8 Å². The second-order valence-corrected chi connectivity index (χ2v) is 8.46. The first kappa shape index (κ1) is 18.0. The van der Waals surface area contributed by atoms with Gasteiger partial charge in [0.25, 0.3) is 11.8 Å². The Labute approximate surface area is 183 Å². The van der Waals surface area contributed by atoms with E-state index >= 15 is 0 Å². The standard InChI is InChI=1S/C26H16N2O2S/c29-25-19-7-1-2-8-20(19)26(30)28(25)18-15-13-17(14-16-18)27-21-9-3-5-11-23(21)31-24-12-6-4-10-22(24)27/h1-16H. The molecule has 2 aliphatic rings. The van der Waals surface area contributed by atoms with Gasteiger partial charge < -0.3 is 4.90 Å². The number of hydrogen-bond donors (Lipinski definition) is 0. The van der Waals surface area contributed by atoms with E-state index in [0.29, 0.717) is 16.8 Å². The molecule has 4 aromatic rings. The molecular formula is C26H16N2O2S. The van der Waals surface area contributed by atoms with Crippen LogP contribution >= 0.6 is 11.8 Å². The predicted octanol–water partition coefficient (Wildman–Crippen LogP) is 6.42. The van der Waals surface area contributed by atoms with Crippen LogP contribution in [0.4, 0.5) is 22.7 Å². The Morgan fingerprint density at radius 1 is 0.484 bits per heavy atom. The number of rotatable bonds is 2. The molecule has 5 heteroatoms. The summed E-state index contributed by atoms with van der Waals surface area (Å²) in [5, 5.41) is 0. The lowest BCUT2D eigenvalue weighted by Crippen LogP contribution is -2.29. The van der Waals surface area contributed by atoms with Crippen LogP contribution in [0.2, 0.25) is 0 Å². The van der Waals surface area contributed by atoms with Crippen LogP contribution in [0, 0.1) is 0 Å². The molecule has 6 rings (SSSR count). The molecule has 2 aliphatic heterocycles. The van der Waals surface area contributed by atoms with E-state index in [0.717, 1.165) is 17.1 Å². The number of fused-ring (bicyclic) bond motifs is 3. The van der Waals surface area contributed by atoms with Crippen LogP contribution in [0.1, 0.15) is 20.7 Å². The van der Waals surface area contributed by atoms with Gasteiger partial charge in [0.1, 0.15) is 0 Å². The summed E-state index contributed by atoms with van der Waals surface area (Å²) in [7, 11) is 0. The van der Waals surface area contributed by atoms with Gasteiger partial charge in [-0.2, -0.15) is 0 Å². The monoisotopic (exact) mass is 420 g/mol. The molecule has 0 saturated heterocycles. The molecule has 4 nitrogen and oxygen atoms in total. The fourth-order valence-electron chi connectivity index (χ4n) is 4.16. The number of carbonyl (C=O) groups is 2. The Hall–Kier alpha value is -3.83. The van der Waals surface area contributed by atoms with Crippen LogP contribution in [0.15, 0.2) is 107 Å². The molecule has 0 atom stereocenters.